The molecule has 1 saturated heterocycles. The van der Waals surface area contributed by atoms with Crippen molar-refractivity contribution in [1.82, 2.24) is 29.6 Å². The molecule has 2 amide bonds. The van der Waals surface area contributed by atoms with E-state index in [0.29, 0.717) is 28.4 Å². The molecule has 12 heteroatoms. The third kappa shape index (κ3) is 4.98. The van der Waals surface area contributed by atoms with Crippen LogP contribution in [0.3, 0.4) is 0 Å². The first-order valence-electron chi connectivity index (χ1n) is 14.9. The second-order valence-corrected chi connectivity index (χ2v) is 13.0. The van der Waals surface area contributed by atoms with Crippen LogP contribution >= 0.6 is 15.9 Å². The molecule has 1 aromatic carbocycles. The predicted octanol–water partition coefficient (Wildman–Crippen LogP) is 5.50. The second kappa shape index (κ2) is 10.8. The van der Waals surface area contributed by atoms with Crippen molar-refractivity contribution in [2.75, 3.05) is 5.32 Å². The van der Waals surface area contributed by atoms with Crippen molar-refractivity contribution in [2.24, 2.45) is 5.92 Å². The van der Waals surface area contributed by atoms with Crippen LogP contribution in [0.1, 0.15) is 72.4 Å². The number of hydrogen-bond donors (Lipinski definition) is 1. The number of amides is 2. The third-order valence-electron chi connectivity index (χ3n) is 9.13. The Morgan fingerprint density at radius 2 is 1.80 bits per heavy atom. The highest BCUT2D eigenvalue weighted by Gasteiger charge is 2.51. The van der Waals surface area contributed by atoms with E-state index in [2.05, 4.69) is 47.4 Å². The van der Waals surface area contributed by atoms with Crippen LogP contribution < -0.4 is 5.32 Å². The van der Waals surface area contributed by atoms with E-state index in [1.165, 1.54) is 13.0 Å². The number of ketones is 1. The minimum Gasteiger partial charge on any atom is -0.326 e. The quantitative estimate of drug-likeness (QED) is 0.205. The summed E-state index contributed by atoms with van der Waals surface area (Å²) in [6.07, 6.45) is 8.01. The average molecular weight is 661 g/mol. The van der Waals surface area contributed by atoms with Gasteiger partial charge < -0.3 is 10.2 Å². The standard InChI is InChI=1S/C32H31BrFN7O3/c1-15-8-25(34)30(33)37-31(15)38-32(44)28-19-6-7-22(9-19)41(28)26(43)14-40-29-23(18-4-5-18)10-20(21-12-35-17(3)36-13-21)11-24(29)27(39-40)16(2)42/h8,10-13,18-19,22,28H,4-7,9,14H2,1-3H3,(H,37,38,44)/t19?,22?,28-/m0/s1. The number of halogens is 2. The van der Waals surface area contributed by atoms with E-state index in [9.17, 15) is 18.8 Å². The topological polar surface area (TPSA) is 123 Å². The monoisotopic (exact) mass is 659 g/mol. The zero-order valence-electron chi connectivity index (χ0n) is 24.6. The Bertz CT molecular complexity index is 1850. The minimum atomic E-state index is -0.670. The molecule has 0 spiro atoms. The summed E-state index contributed by atoms with van der Waals surface area (Å²) in [6.45, 7) is 4.89. The summed E-state index contributed by atoms with van der Waals surface area (Å²) in [5.41, 5.74) is 4.38. The predicted molar refractivity (Wildman–Crippen MR) is 165 cm³/mol. The Labute approximate surface area is 261 Å². The lowest BCUT2D eigenvalue weighted by molar-refractivity contribution is -0.141. The summed E-state index contributed by atoms with van der Waals surface area (Å²) in [4.78, 5) is 55.1. The molecule has 2 aliphatic carbocycles. The summed E-state index contributed by atoms with van der Waals surface area (Å²) in [6, 6.07) is 4.62. The summed E-state index contributed by atoms with van der Waals surface area (Å²) in [7, 11) is 0. The lowest BCUT2D eigenvalue weighted by atomic mass is 9.97. The molecule has 44 heavy (non-hydrogen) atoms. The third-order valence-corrected chi connectivity index (χ3v) is 9.69. The molecular formula is C32H31BrFN7O3. The molecule has 3 aromatic heterocycles. The van der Waals surface area contributed by atoms with Crippen molar-refractivity contribution < 1.29 is 18.8 Å². The average Bonchev–Trinajstić information content (AvgIpc) is 3.47. The van der Waals surface area contributed by atoms with Crippen LogP contribution in [0.5, 0.6) is 0 Å². The SMILES string of the molecule is CC(=O)c1nn(CC(=O)N2C3CCC(C3)[C@H]2C(=O)Nc2nc(Br)c(F)cc2C)c2c(C3CC3)cc(-c3cnc(C)nc3)cc12. The van der Waals surface area contributed by atoms with E-state index in [0.717, 1.165) is 54.3 Å². The van der Waals surface area contributed by atoms with Gasteiger partial charge in [0.2, 0.25) is 11.8 Å². The van der Waals surface area contributed by atoms with Gasteiger partial charge in [-0.2, -0.15) is 5.10 Å². The van der Waals surface area contributed by atoms with Gasteiger partial charge in [0.1, 0.15) is 34.5 Å². The molecule has 1 N–H and O–H groups in total. The van der Waals surface area contributed by atoms with Crippen LogP contribution in [0.2, 0.25) is 0 Å². The molecule has 3 fully saturated rings. The number of hydrogen-bond acceptors (Lipinski definition) is 7. The maximum Gasteiger partial charge on any atom is 0.248 e. The van der Waals surface area contributed by atoms with Crippen LogP contribution in [0.15, 0.2) is 35.2 Å². The van der Waals surface area contributed by atoms with Crippen LogP contribution in [-0.2, 0) is 16.1 Å². The number of carbonyl (C=O) groups excluding carboxylic acids is 3. The number of piperidine rings is 1. The van der Waals surface area contributed by atoms with Crippen LogP contribution in [-0.4, -0.2) is 59.3 Å². The van der Waals surface area contributed by atoms with Crippen molar-refractivity contribution in [1.29, 1.82) is 0 Å². The van der Waals surface area contributed by atoms with Crippen molar-refractivity contribution in [3.8, 4) is 11.1 Å². The second-order valence-electron chi connectivity index (χ2n) is 12.2. The van der Waals surface area contributed by atoms with Gasteiger partial charge in [0, 0.05) is 36.3 Å². The van der Waals surface area contributed by atoms with Gasteiger partial charge in [0.05, 0.1) is 5.52 Å². The molecule has 3 atom stereocenters. The number of rotatable bonds is 7. The Kier molecular flexibility index (Phi) is 7.06. The summed E-state index contributed by atoms with van der Waals surface area (Å²) in [5.74, 6) is -0.000874. The molecule has 10 nitrogen and oxygen atoms in total. The molecule has 3 aliphatic rings. The number of aromatic nitrogens is 5. The fourth-order valence-electron chi connectivity index (χ4n) is 6.91. The molecule has 226 valence electrons. The first kappa shape index (κ1) is 28.7. The molecule has 2 bridgehead atoms. The number of likely N-dealkylation sites (tertiary alicyclic amines) is 1. The zero-order chi connectivity index (χ0) is 30.9. The van der Waals surface area contributed by atoms with Gasteiger partial charge >= 0.3 is 0 Å². The summed E-state index contributed by atoms with van der Waals surface area (Å²) in [5, 5.41) is 8.23. The zero-order valence-corrected chi connectivity index (χ0v) is 26.2. The van der Waals surface area contributed by atoms with Crippen LogP contribution in [0, 0.1) is 25.6 Å². The van der Waals surface area contributed by atoms with Gasteiger partial charge in [-0.25, -0.2) is 19.3 Å². The number of aryl methyl sites for hydroxylation is 2. The van der Waals surface area contributed by atoms with E-state index in [1.807, 2.05) is 13.0 Å². The molecule has 2 saturated carbocycles. The molecule has 2 unspecified atom stereocenters. The van der Waals surface area contributed by atoms with Crippen molar-refractivity contribution in [2.45, 2.75) is 77.4 Å². The maximum absolute atomic E-state index is 14.1. The summed E-state index contributed by atoms with van der Waals surface area (Å²) >= 11 is 3.09. The number of nitrogens with one attached hydrogen (secondary N) is 1. The highest BCUT2D eigenvalue weighted by atomic mass is 79.9. The normalized spacial score (nSPS) is 20.8. The van der Waals surface area contributed by atoms with Crippen LogP contribution in [0.4, 0.5) is 10.2 Å². The van der Waals surface area contributed by atoms with Crippen molar-refractivity contribution in [3.05, 3.63) is 63.7 Å². The highest BCUT2D eigenvalue weighted by molar-refractivity contribution is 9.10. The van der Waals surface area contributed by atoms with Crippen molar-refractivity contribution >= 4 is 50.2 Å². The van der Waals surface area contributed by atoms with Crippen molar-refractivity contribution in [3.63, 3.8) is 0 Å². The van der Waals surface area contributed by atoms with Gasteiger partial charge in [-0.1, -0.05) is 0 Å². The Morgan fingerprint density at radius 1 is 1.05 bits per heavy atom. The molecule has 1 aliphatic heterocycles. The number of fused-ring (bicyclic) bond motifs is 3. The molecule has 4 heterocycles. The smallest absolute Gasteiger partial charge is 0.248 e. The number of nitrogens with zero attached hydrogens (tertiary/aromatic N) is 6. The van der Waals surface area contributed by atoms with Gasteiger partial charge in [-0.15, -0.1) is 0 Å². The van der Waals surface area contributed by atoms with E-state index < -0.39 is 11.9 Å². The van der Waals surface area contributed by atoms with E-state index >= 15 is 0 Å². The Morgan fingerprint density at radius 3 is 2.50 bits per heavy atom. The van der Waals surface area contributed by atoms with Crippen LogP contribution in [0.25, 0.3) is 22.0 Å². The molecule has 7 rings (SSSR count). The number of pyridine rings is 1. The molecule has 0 radical (unpaired) electrons. The Balaban J connectivity index is 1.23. The van der Waals surface area contributed by atoms with E-state index in [1.54, 1.807) is 28.9 Å². The first-order chi connectivity index (χ1) is 21.1. The van der Waals surface area contributed by atoms with Gasteiger partial charge in [-0.3, -0.25) is 19.1 Å². The van der Waals surface area contributed by atoms with Gasteiger partial charge in [0.25, 0.3) is 0 Å². The fraction of sp³-hybridized carbons (Fsp3) is 0.406. The molecular weight excluding hydrogens is 629 g/mol. The summed E-state index contributed by atoms with van der Waals surface area (Å²) < 4.78 is 15.6. The van der Waals surface area contributed by atoms with Gasteiger partial charge in [-0.05, 0) is 109 Å². The van der Waals surface area contributed by atoms with E-state index in [4.69, 9.17) is 0 Å². The number of benzene rings is 1. The number of anilines is 1. The minimum absolute atomic E-state index is 0.00985. The van der Waals surface area contributed by atoms with Gasteiger partial charge in [0.15, 0.2) is 11.6 Å². The largest absolute Gasteiger partial charge is 0.326 e. The first-order valence-corrected chi connectivity index (χ1v) is 15.7. The highest BCUT2D eigenvalue weighted by Crippen LogP contribution is 2.46. The lowest BCUT2D eigenvalue weighted by Gasteiger charge is -2.34. The molecule has 4 aromatic rings. The Hall–Kier alpha value is -4.06. The van der Waals surface area contributed by atoms with E-state index in [-0.39, 0.29) is 46.5 Å². The lowest BCUT2D eigenvalue weighted by Crippen LogP contribution is -2.52. The number of Topliss-reactive ketones (excluding diaryl/α,β-unsaturated/α-hetero) is 1. The fourth-order valence-corrected chi connectivity index (χ4v) is 7.20. The number of carbonyl (C=O) groups is 3. The maximum atomic E-state index is 14.1.